The minimum absolute atomic E-state index is 0.0498. The van der Waals surface area contributed by atoms with Crippen LogP contribution >= 0.6 is 0 Å². The van der Waals surface area contributed by atoms with Crippen LogP contribution in [0.2, 0.25) is 0 Å². The van der Waals surface area contributed by atoms with Crippen molar-refractivity contribution in [3.63, 3.8) is 0 Å². The number of carboxylic acids is 1. The first-order valence-corrected chi connectivity index (χ1v) is 9.21. The molecule has 0 saturated heterocycles. The lowest BCUT2D eigenvalue weighted by molar-refractivity contribution is -0.161. The lowest BCUT2D eigenvalue weighted by Crippen LogP contribution is -2.44. The number of carbonyl (C=O) groups is 2. The molecule has 0 saturated carbocycles. The molecule has 0 fully saturated rings. The average Bonchev–Trinajstić information content (AvgIpc) is 2.51. The fourth-order valence-corrected chi connectivity index (χ4v) is 2.79. The number of aliphatic hydroxyl groups is 1. The number of rotatable bonds is 14. The highest BCUT2D eigenvalue weighted by molar-refractivity contribution is 5.84. The summed E-state index contributed by atoms with van der Waals surface area (Å²) in [5, 5.41) is 21.7. The molecule has 0 aromatic rings. The van der Waals surface area contributed by atoms with Gasteiger partial charge in [-0.15, -0.1) is 0 Å². The summed E-state index contributed by atoms with van der Waals surface area (Å²) in [5.41, 5.74) is 0. The molecular weight excluding hydrogens is 351 g/mol. The molecule has 154 valence electrons. The van der Waals surface area contributed by atoms with Crippen molar-refractivity contribution < 1.29 is 33.0 Å². The number of ketones is 1. The lowest BCUT2D eigenvalue weighted by atomic mass is 9.89. The van der Waals surface area contributed by atoms with Gasteiger partial charge in [0, 0.05) is 0 Å². The maximum atomic E-state index is 12.8. The molecule has 0 spiro atoms. The van der Waals surface area contributed by atoms with Crippen LogP contribution < -0.4 is 5.32 Å². The van der Waals surface area contributed by atoms with Gasteiger partial charge in [-0.05, 0) is 18.8 Å². The number of aliphatic hydroxyl groups excluding tert-OH is 1. The molecule has 5 nitrogen and oxygen atoms in total. The predicted octanol–water partition coefficient (Wildman–Crippen LogP) is 3.54. The fourth-order valence-electron chi connectivity index (χ4n) is 2.79. The molecular formula is C18H32F3NO4. The van der Waals surface area contributed by atoms with Crippen molar-refractivity contribution in [3.8, 4) is 0 Å². The van der Waals surface area contributed by atoms with E-state index < -0.39 is 49.0 Å². The van der Waals surface area contributed by atoms with Crippen LogP contribution in [-0.2, 0) is 9.59 Å². The summed E-state index contributed by atoms with van der Waals surface area (Å²) >= 11 is 0. The van der Waals surface area contributed by atoms with Crippen molar-refractivity contribution in [2.24, 2.45) is 11.8 Å². The molecule has 0 aromatic heterocycles. The molecule has 0 bridgehead atoms. The first kappa shape index (κ1) is 24.8. The van der Waals surface area contributed by atoms with E-state index in [1.807, 2.05) is 20.8 Å². The van der Waals surface area contributed by atoms with Gasteiger partial charge < -0.3 is 10.2 Å². The monoisotopic (exact) mass is 383 g/mol. The number of hydrogen-bond donors (Lipinski definition) is 3. The van der Waals surface area contributed by atoms with Gasteiger partial charge in [-0.2, -0.15) is 13.2 Å². The summed E-state index contributed by atoms with van der Waals surface area (Å²) in [4.78, 5) is 23.4. The summed E-state index contributed by atoms with van der Waals surface area (Å²) < 4.78 is 38.4. The summed E-state index contributed by atoms with van der Waals surface area (Å²) in [7, 11) is 0. The molecule has 0 rings (SSSR count). The molecule has 0 heterocycles. The van der Waals surface area contributed by atoms with Gasteiger partial charge in [-0.3, -0.25) is 14.9 Å². The van der Waals surface area contributed by atoms with Gasteiger partial charge in [-0.25, -0.2) is 0 Å². The normalized spacial score (nSPS) is 15.7. The number of nitrogens with one attached hydrogen (secondary N) is 1. The summed E-state index contributed by atoms with van der Waals surface area (Å²) in [6.07, 6.45) is -3.76. The predicted molar refractivity (Wildman–Crippen MR) is 92.8 cm³/mol. The van der Waals surface area contributed by atoms with Crippen LogP contribution in [0.1, 0.15) is 65.7 Å². The van der Waals surface area contributed by atoms with Gasteiger partial charge in [0.25, 0.3) is 0 Å². The van der Waals surface area contributed by atoms with Crippen LogP contribution in [0.3, 0.4) is 0 Å². The summed E-state index contributed by atoms with van der Waals surface area (Å²) in [6, 6.07) is -1.01. The Hall–Kier alpha value is -1.15. The fraction of sp³-hybridized carbons (Fsp3) is 0.889. The highest BCUT2D eigenvalue weighted by atomic mass is 19.4. The van der Waals surface area contributed by atoms with Gasteiger partial charge >= 0.3 is 12.1 Å². The van der Waals surface area contributed by atoms with E-state index in [-0.39, 0.29) is 18.8 Å². The minimum atomic E-state index is -4.57. The van der Waals surface area contributed by atoms with Crippen LogP contribution in [0.5, 0.6) is 0 Å². The second-order valence-corrected chi connectivity index (χ2v) is 7.21. The molecule has 0 unspecified atom stereocenters. The third-order valence-electron chi connectivity index (χ3n) is 4.21. The molecule has 26 heavy (non-hydrogen) atoms. The number of Topliss-reactive ketones (excluding diaryl/α,β-unsaturated/α-hetero) is 1. The van der Waals surface area contributed by atoms with Crippen LogP contribution in [0.15, 0.2) is 0 Å². The molecule has 8 heteroatoms. The van der Waals surface area contributed by atoms with Gasteiger partial charge in [0.1, 0.15) is 6.04 Å². The van der Waals surface area contributed by atoms with Crippen molar-refractivity contribution in [3.05, 3.63) is 0 Å². The van der Waals surface area contributed by atoms with Crippen LogP contribution in [-0.4, -0.2) is 46.8 Å². The lowest BCUT2D eigenvalue weighted by Gasteiger charge is -2.24. The Morgan fingerprint density at radius 3 is 2.19 bits per heavy atom. The van der Waals surface area contributed by atoms with E-state index in [0.29, 0.717) is 6.42 Å². The van der Waals surface area contributed by atoms with Crippen molar-refractivity contribution >= 4 is 11.8 Å². The summed E-state index contributed by atoms with van der Waals surface area (Å²) in [5.74, 6) is -3.48. The van der Waals surface area contributed by atoms with Gasteiger partial charge in [0.05, 0.1) is 25.0 Å². The van der Waals surface area contributed by atoms with E-state index in [1.54, 1.807) is 0 Å². The topological polar surface area (TPSA) is 86.6 Å². The molecule has 0 radical (unpaired) electrons. The zero-order chi connectivity index (χ0) is 20.3. The van der Waals surface area contributed by atoms with E-state index >= 15 is 0 Å². The Morgan fingerprint density at radius 2 is 1.73 bits per heavy atom. The molecule has 0 aliphatic carbocycles. The van der Waals surface area contributed by atoms with Gasteiger partial charge in [0.2, 0.25) is 0 Å². The van der Waals surface area contributed by atoms with Crippen molar-refractivity contribution in [1.82, 2.24) is 5.32 Å². The average molecular weight is 383 g/mol. The number of carboxylic acid groups (broad SMARTS) is 1. The molecule has 0 aliphatic rings. The number of halogens is 3. The maximum absolute atomic E-state index is 12.8. The maximum Gasteiger partial charge on any atom is 0.389 e. The number of alkyl halides is 3. The van der Waals surface area contributed by atoms with Crippen LogP contribution in [0.25, 0.3) is 0 Å². The Balaban J connectivity index is 4.84. The first-order valence-electron chi connectivity index (χ1n) is 9.21. The summed E-state index contributed by atoms with van der Waals surface area (Å²) in [6.45, 7) is 5.11. The molecule has 0 aliphatic heterocycles. The van der Waals surface area contributed by atoms with E-state index in [0.717, 1.165) is 19.3 Å². The van der Waals surface area contributed by atoms with Gasteiger partial charge in [-0.1, -0.05) is 46.5 Å². The second kappa shape index (κ2) is 12.3. The Labute approximate surface area is 153 Å². The van der Waals surface area contributed by atoms with Crippen molar-refractivity contribution in [1.29, 1.82) is 0 Å². The Bertz CT molecular complexity index is 427. The van der Waals surface area contributed by atoms with Crippen molar-refractivity contribution in [2.75, 3.05) is 6.54 Å². The highest BCUT2D eigenvalue weighted by Gasteiger charge is 2.38. The van der Waals surface area contributed by atoms with E-state index in [1.165, 1.54) is 0 Å². The number of hydrogen-bond acceptors (Lipinski definition) is 4. The van der Waals surface area contributed by atoms with E-state index in [4.69, 9.17) is 5.11 Å². The minimum Gasteiger partial charge on any atom is -0.480 e. The highest BCUT2D eigenvalue weighted by Crippen LogP contribution is 2.29. The molecule has 3 atom stereocenters. The SMILES string of the molecule is CCCCCC[C@@H](O)[C@@H](CC(F)(F)F)C(=O)CN[C@@H](CC(C)C)C(=O)O. The van der Waals surface area contributed by atoms with Crippen LogP contribution in [0.4, 0.5) is 13.2 Å². The largest absolute Gasteiger partial charge is 0.480 e. The standard InChI is InChI=1S/C18H32F3NO4/c1-4-5-6-7-8-15(23)13(10-18(19,20)21)16(24)11-22-14(17(25)26)9-12(2)3/h12-15,22-23H,4-11H2,1-3H3,(H,25,26)/t13-,14+,15-/m1/s1. The zero-order valence-electron chi connectivity index (χ0n) is 15.8. The second-order valence-electron chi connectivity index (χ2n) is 7.21. The van der Waals surface area contributed by atoms with E-state index in [9.17, 15) is 27.9 Å². The Kier molecular flexibility index (Phi) is 11.7. The van der Waals surface area contributed by atoms with Crippen LogP contribution in [0, 0.1) is 11.8 Å². The number of aliphatic carboxylic acids is 1. The molecule has 3 N–H and O–H groups in total. The Morgan fingerprint density at radius 1 is 1.12 bits per heavy atom. The van der Waals surface area contributed by atoms with Crippen molar-refractivity contribution in [2.45, 2.75) is 84.0 Å². The quantitative estimate of drug-likeness (QED) is 0.400. The third kappa shape index (κ3) is 11.5. The molecule has 0 amide bonds. The number of unbranched alkanes of at least 4 members (excludes halogenated alkanes) is 3. The smallest absolute Gasteiger partial charge is 0.389 e. The third-order valence-corrected chi connectivity index (χ3v) is 4.21. The zero-order valence-corrected chi connectivity index (χ0v) is 15.8. The van der Waals surface area contributed by atoms with Gasteiger partial charge in [0.15, 0.2) is 5.78 Å². The molecule has 0 aromatic carbocycles. The number of carbonyl (C=O) groups excluding carboxylic acids is 1. The van der Waals surface area contributed by atoms with E-state index in [2.05, 4.69) is 5.32 Å². The first-order chi connectivity index (χ1) is 12.0.